The van der Waals surface area contributed by atoms with Crippen molar-refractivity contribution >= 4 is 5.57 Å². The molecule has 1 aromatic heterocycles. The van der Waals surface area contributed by atoms with Gasteiger partial charge in [-0.1, -0.05) is 25.7 Å². The van der Waals surface area contributed by atoms with Gasteiger partial charge in [-0.05, 0) is 12.0 Å². The van der Waals surface area contributed by atoms with Crippen LogP contribution in [0.3, 0.4) is 0 Å². The van der Waals surface area contributed by atoms with E-state index in [2.05, 4.69) is 18.6 Å². The first-order valence-electron chi connectivity index (χ1n) is 4.08. The van der Waals surface area contributed by atoms with Gasteiger partial charge in [0.15, 0.2) is 0 Å². The molecule has 0 bridgehead atoms. The zero-order valence-corrected chi connectivity index (χ0v) is 7.62. The van der Waals surface area contributed by atoms with Crippen LogP contribution in [0.1, 0.15) is 18.9 Å². The van der Waals surface area contributed by atoms with Crippen molar-refractivity contribution in [3.63, 3.8) is 0 Å². The summed E-state index contributed by atoms with van der Waals surface area (Å²) in [6.45, 7) is 5.80. The molecule has 0 aliphatic heterocycles. The van der Waals surface area contributed by atoms with Gasteiger partial charge in [-0.25, -0.2) is 0 Å². The molecule has 0 spiro atoms. The number of hydrogen-bond acceptors (Lipinski definition) is 1. The number of aromatic nitrogens is 2. The molecule has 1 aromatic rings. The first-order valence-corrected chi connectivity index (χ1v) is 4.08. The number of hydrogen-bond donors (Lipinski definition) is 0. The van der Waals surface area contributed by atoms with Gasteiger partial charge in [0.2, 0.25) is 0 Å². The van der Waals surface area contributed by atoms with E-state index in [-0.39, 0.29) is 0 Å². The molecule has 0 atom stereocenters. The minimum absolute atomic E-state index is 1.01. The van der Waals surface area contributed by atoms with Crippen LogP contribution in [0.15, 0.2) is 31.1 Å². The monoisotopic (exact) mass is 162 g/mol. The molecule has 0 radical (unpaired) electrons. The summed E-state index contributed by atoms with van der Waals surface area (Å²) in [7, 11) is 1.92. The van der Waals surface area contributed by atoms with Gasteiger partial charge in [-0.2, -0.15) is 5.10 Å². The van der Waals surface area contributed by atoms with E-state index in [0.29, 0.717) is 0 Å². The Morgan fingerprint density at radius 2 is 2.50 bits per heavy atom. The third-order valence-electron chi connectivity index (χ3n) is 1.78. The van der Waals surface area contributed by atoms with E-state index in [4.69, 9.17) is 0 Å². The second-order valence-electron chi connectivity index (χ2n) is 2.68. The van der Waals surface area contributed by atoms with Crippen LogP contribution in [0.4, 0.5) is 0 Å². The fraction of sp³-hybridized carbons (Fsp3) is 0.300. The Kier molecular flexibility index (Phi) is 2.86. The lowest BCUT2D eigenvalue weighted by Crippen LogP contribution is -1.84. The SMILES string of the molecule is C=CC=C(CC)c1cnn(C)c1. The zero-order chi connectivity index (χ0) is 8.97. The average Bonchev–Trinajstić information content (AvgIpc) is 2.47. The smallest absolute Gasteiger partial charge is 0.0564 e. The van der Waals surface area contributed by atoms with Gasteiger partial charge in [0.25, 0.3) is 0 Å². The van der Waals surface area contributed by atoms with Crippen LogP contribution in [0.5, 0.6) is 0 Å². The fourth-order valence-electron chi connectivity index (χ4n) is 1.15. The van der Waals surface area contributed by atoms with E-state index in [1.165, 1.54) is 11.1 Å². The quantitative estimate of drug-likeness (QED) is 0.624. The van der Waals surface area contributed by atoms with Crippen molar-refractivity contribution in [3.05, 3.63) is 36.7 Å². The highest BCUT2D eigenvalue weighted by Gasteiger charge is 1.99. The van der Waals surface area contributed by atoms with Crippen LogP contribution in [0.25, 0.3) is 5.57 Å². The first-order chi connectivity index (χ1) is 5.77. The van der Waals surface area contributed by atoms with Crippen molar-refractivity contribution in [1.82, 2.24) is 9.78 Å². The fourth-order valence-corrected chi connectivity index (χ4v) is 1.15. The molecular formula is C10H14N2. The standard InChI is InChI=1S/C10H14N2/c1-4-6-9(5-2)10-7-11-12(3)8-10/h4,6-8H,1,5H2,2-3H3. The molecule has 0 saturated carbocycles. The van der Waals surface area contributed by atoms with Crippen LogP contribution in [-0.4, -0.2) is 9.78 Å². The normalized spacial score (nSPS) is 11.7. The zero-order valence-electron chi connectivity index (χ0n) is 7.62. The molecule has 0 aromatic carbocycles. The summed E-state index contributed by atoms with van der Waals surface area (Å²) in [6.07, 6.45) is 8.73. The summed E-state index contributed by atoms with van der Waals surface area (Å²) in [5, 5.41) is 4.11. The molecule has 0 aliphatic carbocycles. The van der Waals surface area contributed by atoms with Crippen LogP contribution >= 0.6 is 0 Å². The molecule has 2 heteroatoms. The van der Waals surface area contributed by atoms with E-state index in [0.717, 1.165) is 6.42 Å². The Bertz CT molecular complexity index is 295. The van der Waals surface area contributed by atoms with E-state index in [9.17, 15) is 0 Å². The minimum Gasteiger partial charge on any atom is -0.275 e. The average molecular weight is 162 g/mol. The predicted octanol–water partition coefficient (Wildman–Crippen LogP) is 2.40. The lowest BCUT2D eigenvalue weighted by Gasteiger charge is -1.97. The summed E-state index contributed by atoms with van der Waals surface area (Å²) in [6, 6.07) is 0. The molecule has 64 valence electrons. The summed E-state index contributed by atoms with van der Waals surface area (Å²) in [5.74, 6) is 0. The highest BCUT2D eigenvalue weighted by atomic mass is 15.2. The minimum atomic E-state index is 1.01. The largest absolute Gasteiger partial charge is 0.275 e. The maximum atomic E-state index is 4.11. The highest BCUT2D eigenvalue weighted by Crippen LogP contribution is 2.16. The topological polar surface area (TPSA) is 17.8 Å². The van der Waals surface area contributed by atoms with Crippen molar-refractivity contribution in [2.75, 3.05) is 0 Å². The van der Waals surface area contributed by atoms with Gasteiger partial charge >= 0.3 is 0 Å². The van der Waals surface area contributed by atoms with E-state index < -0.39 is 0 Å². The number of nitrogens with zero attached hydrogens (tertiary/aromatic N) is 2. The summed E-state index contributed by atoms with van der Waals surface area (Å²) < 4.78 is 1.81. The lowest BCUT2D eigenvalue weighted by molar-refractivity contribution is 0.767. The van der Waals surface area contributed by atoms with Crippen LogP contribution < -0.4 is 0 Å². The lowest BCUT2D eigenvalue weighted by atomic mass is 10.1. The molecule has 12 heavy (non-hydrogen) atoms. The second-order valence-corrected chi connectivity index (χ2v) is 2.68. The molecule has 0 N–H and O–H groups in total. The van der Waals surface area contributed by atoms with Crippen molar-refractivity contribution < 1.29 is 0 Å². The van der Waals surface area contributed by atoms with Crippen molar-refractivity contribution in [1.29, 1.82) is 0 Å². The number of rotatable bonds is 3. The molecular weight excluding hydrogens is 148 g/mol. The predicted molar refractivity (Wildman–Crippen MR) is 51.7 cm³/mol. The molecule has 0 fully saturated rings. The highest BCUT2D eigenvalue weighted by molar-refractivity contribution is 5.65. The third-order valence-corrected chi connectivity index (χ3v) is 1.78. The van der Waals surface area contributed by atoms with Crippen LogP contribution in [0.2, 0.25) is 0 Å². The summed E-state index contributed by atoms with van der Waals surface area (Å²) >= 11 is 0. The van der Waals surface area contributed by atoms with E-state index in [1.807, 2.05) is 36.3 Å². The molecule has 0 amide bonds. The van der Waals surface area contributed by atoms with Gasteiger partial charge in [0, 0.05) is 18.8 Å². The second kappa shape index (κ2) is 3.90. The Hall–Kier alpha value is -1.31. The Balaban J connectivity index is 2.94. The van der Waals surface area contributed by atoms with E-state index in [1.54, 1.807) is 0 Å². The van der Waals surface area contributed by atoms with Crippen molar-refractivity contribution in [3.8, 4) is 0 Å². The van der Waals surface area contributed by atoms with Crippen LogP contribution in [0, 0.1) is 0 Å². The molecule has 0 aliphatic rings. The first kappa shape index (κ1) is 8.78. The maximum absolute atomic E-state index is 4.11. The number of allylic oxidation sites excluding steroid dienone is 3. The summed E-state index contributed by atoms with van der Waals surface area (Å²) in [5.41, 5.74) is 2.46. The maximum Gasteiger partial charge on any atom is 0.0564 e. The third kappa shape index (κ3) is 1.84. The molecule has 1 rings (SSSR count). The van der Waals surface area contributed by atoms with Crippen LogP contribution in [-0.2, 0) is 7.05 Å². The van der Waals surface area contributed by atoms with E-state index >= 15 is 0 Å². The van der Waals surface area contributed by atoms with Crippen molar-refractivity contribution in [2.24, 2.45) is 7.05 Å². The number of aryl methyl sites for hydroxylation is 1. The van der Waals surface area contributed by atoms with Crippen molar-refractivity contribution in [2.45, 2.75) is 13.3 Å². The molecule has 1 heterocycles. The van der Waals surface area contributed by atoms with Gasteiger partial charge in [-0.15, -0.1) is 0 Å². The van der Waals surface area contributed by atoms with Gasteiger partial charge in [0.05, 0.1) is 6.20 Å². The molecule has 0 unspecified atom stereocenters. The van der Waals surface area contributed by atoms with Gasteiger partial charge < -0.3 is 0 Å². The Labute approximate surface area is 73.2 Å². The summed E-state index contributed by atoms with van der Waals surface area (Å²) in [4.78, 5) is 0. The molecule has 0 saturated heterocycles. The van der Waals surface area contributed by atoms with Gasteiger partial charge in [-0.3, -0.25) is 4.68 Å². The van der Waals surface area contributed by atoms with Gasteiger partial charge in [0.1, 0.15) is 0 Å². The Morgan fingerprint density at radius 1 is 1.75 bits per heavy atom. The Morgan fingerprint density at radius 3 is 2.92 bits per heavy atom. The molecule has 2 nitrogen and oxygen atoms in total.